The second kappa shape index (κ2) is 4.11. The standard InChI is InChI=1S/C13H20O2/c1-8(2)10-4-5-13(14)12-7-9(15-3)6-11(10)12/h4-5,9-14H,1,6-7H2,2-3H3/t9?,10-,11-,12-,13+/m0/s1. The normalized spacial score (nSPS) is 44.1. The van der Waals surface area contributed by atoms with E-state index in [1.807, 2.05) is 6.08 Å². The molecule has 15 heavy (non-hydrogen) atoms. The molecule has 0 spiro atoms. The van der Waals surface area contributed by atoms with Crippen molar-refractivity contribution in [2.45, 2.75) is 32.0 Å². The highest BCUT2D eigenvalue weighted by Gasteiger charge is 2.43. The average molecular weight is 208 g/mol. The van der Waals surface area contributed by atoms with E-state index in [1.165, 1.54) is 5.57 Å². The molecule has 1 unspecified atom stereocenters. The number of hydrogen-bond acceptors (Lipinski definition) is 2. The van der Waals surface area contributed by atoms with Gasteiger partial charge in [0.15, 0.2) is 0 Å². The summed E-state index contributed by atoms with van der Waals surface area (Å²) in [6, 6.07) is 0. The van der Waals surface area contributed by atoms with Crippen LogP contribution in [0.25, 0.3) is 0 Å². The molecule has 2 rings (SSSR count). The molecular formula is C13H20O2. The van der Waals surface area contributed by atoms with Gasteiger partial charge in [-0.15, -0.1) is 0 Å². The lowest BCUT2D eigenvalue weighted by atomic mass is 9.74. The Morgan fingerprint density at radius 2 is 2.00 bits per heavy atom. The smallest absolute Gasteiger partial charge is 0.0753 e. The molecule has 5 atom stereocenters. The lowest BCUT2D eigenvalue weighted by Crippen LogP contribution is -2.31. The number of aliphatic hydroxyl groups is 1. The van der Waals surface area contributed by atoms with E-state index in [0.717, 1.165) is 12.8 Å². The third-order valence-electron chi connectivity index (χ3n) is 3.94. The van der Waals surface area contributed by atoms with E-state index in [1.54, 1.807) is 7.11 Å². The van der Waals surface area contributed by atoms with Crippen molar-refractivity contribution in [3.63, 3.8) is 0 Å². The van der Waals surface area contributed by atoms with Crippen molar-refractivity contribution in [3.05, 3.63) is 24.3 Å². The number of aliphatic hydroxyl groups excluding tert-OH is 1. The molecular weight excluding hydrogens is 188 g/mol. The number of hydrogen-bond donors (Lipinski definition) is 1. The highest BCUT2D eigenvalue weighted by atomic mass is 16.5. The third-order valence-corrected chi connectivity index (χ3v) is 3.94. The minimum Gasteiger partial charge on any atom is -0.389 e. The maximum Gasteiger partial charge on any atom is 0.0753 e. The number of ether oxygens (including phenoxy) is 1. The lowest BCUT2D eigenvalue weighted by molar-refractivity contribution is 0.0879. The topological polar surface area (TPSA) is 29.5 Å². The van der Waals surface area contributed by atoms with Crippen LogP contribution in [-0.4, -0.2) is 24.4 Å². The Balaban J connectivity index is 2.19. The summed E-state index contributed by atoms with van der Waals surface area (Å²) in [5.41, 5.74) is 1.20. The van der Waals surface area contributed by atoms with E-state index in [4.69, 9.17) is 4.74 Å². The Hall–Kier alpha value is -0.600. The molecule has 2 aliphatic carbocycles. The molecule has 0 aliphatic heterocycles. The number of rotatable bonds is 2. The quantitative estimate of drug-likeness (QED) is 0.705. The first-order chi connectivity index (χ1) is 7.13. The summed E-state index contributed by atoms with van der Waals surface area (Å²) in [5.74, 6) is 1.31. The van der Waals surface area contributed by atoms with Crippen LogP contribution in [-0.2, 0) is 4.74 Å². The van der Waals surface area contributed by atoms with Crippen LogP contribution in [0.3, 0.4) is 0 Å². The number of fused-ring (bicyclic) bond motifs is 1. The van der Waals surface area contributed by atoms with Crippen molar-refractivity contribution in [2.75, 3.05) is 7.11 Å². The first-order valence-electron chi connectivity index (χ1n) is 5.68. The Kier molecular flexibility index (Phi) is 2.98. The molecule has 1 saturated carbocycles. The SMILES string of the molecule is C=C(C)[C@@H]1C=C[C@@H](O)[C@H]2CC(OC)C[C@H]21. The summed E-state index contributed by atoms with van der Waals surface area (Å²) in [6.45, 7) is 6.11. The van der Waals surface area contributed by atoms with Crippen LogP contribution in [0.2, 0.25) is 0 Å². The minimum atomic E-state index is -0.286. The van der Waals surface area contributed by atoms with Gasteiger partial charge in [0.25, 0.3) is 0 Å². The van der Waals surface area contributed by atoms with E-state index in [9.17, 15) is 5.11 Å². The molecule has 84 valence electrons. The fraction of sp³-hybridized carbons (Fsp3) is 0.692. The van der Waals surface area contributed by atoms with Crippen molar-refractivity contribution in [1.82, 2.24) is 0 Å². The van der Waals surface area contributed by atoms with Crippen molar-refractivity contribution in [3.8, 4) is 0 Å². The van der Waals surface area contributed by atoms with Gasteiger partial charge in [0.05, 0.1) is 12.2 Å². The predicted octanol–water partition coefficient (Wildman–Crippen LogP) is 2.15. The second-order valence-electron chi connectivity index (χ2n) is 4.90. The number of allylic oxidation sites excluding steroid dienone is 2. The van der Waals surface area contributed by atoms with Crippen molar-refractivity contribution in [1.29, 1.82) is 0 Å². The summed E-state index contributed by atoms with van der Waals surface area (Å²) in [6.07, 6.45) is 6.11. The second-order valence-corrected chi connectivity index (χ2v) is 4.90. The molecule has 2 nitrogen and oxygen atoms in total. The summed E-state index contributed by atoms with van der Waals surface area (Å²) >= 11 is 0. The molecule has 2 heteroatoms. The van der Waals surface area contributed by atoms with Crippen molar-refractivity contribution >= 4 is 0 Å². The van der Waals surface area contributed by atoms with Gasteiger partial charge in [0.2, 0.25) is 0 Å². The minimum absolute atomic E-state index is 0.286. The van der Waals surface area contributed by atoms with Gasteiger partial charge in [0, 0.05) is 13.0 Å². The van der Waals surface area contributed by atoms with Crippen molar-refractivity contribution < 1.29 is 9.84 Å². The first-order valence-corrected chi connectivity index (χ1v) is 5.68. The molecule has 0 aromatic carbocycles. The van der Waals surface area contributed by atoms with Crippen molar-refractivity contribution in [2.24, 2.45) is 17.8 Å². The van der Waals surface area contributed by atoms with Gasteiger partial charge in [0.1, 0.15) is 0 Å². The largest absolute Gasteiger partial charge is 0.389 e. The van der Waals surface area contributed by atoms with Gasteiger partial charge in [-0.1, -0.05) is 24.3 Å². The fourth-order valence-corrected chi connectivity index (χ4v) is 3.10. The lowest BCUT2D eigenvalue weighted by Gasteiger charge is -2.33. The molecule has 1 N–H and O–H groups in total. The van der Waals surface area contributed by atoms with Gasteiger partial charge >= 0.3 is 0 Å². The molecule has 0 heterocycles. The van der Waals surface area contributed by atoms with Gasteiger partial charge in [-0.3, -0.25) is 0 Å². The Bertz CT molecular complexity index is 282. The zero-order chi connectivity index (χ0) is 11.0. The molecule has 0 radical (unpaired) electrons. The van der Waals surface area contributed by atoms with Crippen LogP contribution in [0.1, 0.15) is 19.8 Å². The molecule has 0 amide bonds. The van der Waals surface area contributed by atoms with Crippen LogP contribution < -0.4 is 0 Å². The average Bonchev–Trinajstić information content (AvgIpc) is 2.62. The van der Waals surface area contributed by atoms with E-state index in [2.05, 4.69) is 19.6 Å². The molecule has 0 saturated heterocycles. The zero-order valence-electron chi connectivity index (χ0n) is 9.52. The van der Waals surface area contributed by atoms with Crippen LogP contribution in [0.4, 0.5) is 0 Å². The summed E-state index contributed by atoms with van der Waals surface area (Å²) in [5, 5.41) is 9.92. The molecule has 0 aromatic rings. The van der Waals surface area contributed by atoms with Gasteiger partial charge < -0.3 is 9.84 Å². The van der Waals surface area contributed by atoms with E-state index >= 15 is 0 Å². The Labute approximate surface area is 91.6 Å². The molecule has 0 aromatic heterocycles. The first kappa shape index (κ1) is 10.9. The van der Waals surface area contributed by atoms with Crippen LogP contribution in [0.15, 0.2) is 24.3 Å². The monoisotopic (exact) mass is 208 g/mol. The van der Waals surface area contributed by atoms with Gasteiger partial charge in [-0.25, -0.2) is 0 Å². The third kappa shape index (κ3) is 1.88. The van der Waals surface area contributed by atoms with E-state index in [0.29, 0.717) is 23.9 Å². The molecule has 0 bridgehead atoms. The highest BCUT2D eigenvalue weighted by molar-refractivity contribution is 5.18. The maximum absolute atomic E-state index is 9.92. The highest BCUT2D eigenvalue weighted by Crippen LogP contribution is 2.45. The Morgan fingerprint density at radius 1 is 1.33 bits per heavy atom. The summed E-state index contributed by atoms with van der Waals surface area (Å²) in [4.78, 5) is 0. The van der Waals surface area contributed by atoms with E-state index < -0.39 is 0 Å². The van der Waals surface area contributed by atoms with Gasteiger partial charge in [-0.2, -0.15) is 0 Å². The summed E-state index contributed by atoms with van der Waals surface area (Å²) < 4.78 is 5.41. The van der Waals surface area contributed by atoms with Crippen LogP contribution in [0.5, 0.6) is 0 Å². The molecule has 1 fully saturated rings. The maximum atomic E-state index is 9.92. The summed E-state index contributed by atoms with van der Waals surface area (Å²) in [7, 11) is 1.76. The molecule has 2 aliphatic rings. The Morgan fingerprint density at radius 3 is 2.60 bits per heavy atom. The van der Waals surface area contributed by atoms with Gasteiger partial charge in [-0.05, 0) is 31.6 Å². The van der Waals surface area contributed by atoms with E-state index in [-0.39, 0.29) is 6.10 Å². The number of methoxy groups -OCH3 is 1. The zero-order valence-corrected chi connectivity index (χ0v) is 9.52. The van der Waals surface area contributed by atoms with Crippen LogP contribution in [0, 0.1) is 17.8 Å². The predicted molar refractivity (Wildman–Crippen MR) is 60.5 cm³/mol. The van der Waals surface area contributed by atoms with Crippen LogP contribution >= 0.6 is 0 Å². The fourth-order valence-electron chi connectivity index (χ4n) is 3.10.